The Morgan fingerprint density at radius 2 is 1.94 bits per heavy atom. The number of benzene rings is 1. The maximum atomic E-state index is 8.71. The molecule has 2 N–H and O–H groups in total. The lowest BCUT2D eigenvalue weighted by atomic mass is 10.1. The molecule has 5 heteroatoms. The van der Waals surface area contributed by atoms with Gasteiger partial charge in [0, 0.05) is 6.04 Å². The lowest BCUT2D eigenvalue weighted by Gasteiger charge is -2.10. The highest BCUT2D eigenvalue weighted by Crippen LogP contribution is 2.04. The van der Waals surface area contributed by atoms with E-state index >= 15 is 0 Å². The Labute approximate surface area is 113 Å². The van der Waals surface area contributed by atoms with Crippen LogP contribution in [0.25, 0.3) is 0 Å². The zero-order chi connectivity index (χ0) is 13.5. The van der Waals surface area contributed by atoms with E-state index < -0.39 is 0 Å². The van der Waals surface area contributed by atoms with Crippen molar-refractivity contribution in [2.45, 2.75) is 26.8 Å². The van der Waals surface area contributed by atoms with E-state index in [9.17, 15) is 0 Å². The minimum atomic E-state index is 0.274. The van der Waals surface area contributed by atoms with Crippen LogP contribution in [0.1, 0.15) is 31.9 Å². The predicted octanol–water partition coefficient (Wildman–Crippen LogP) is 2.15. The Balaban J connectivity index is 2.65. The molecular formula is C13H16N4S. The summed E-state index contributed by atoms with van der Waals surface area (Å²) in [5.74, 6) is 0. The smallest absolute Gasteiger partial charge is 0.187 e. The molecule has 94 valence electrons. The van der Waals surface area contributed by atoms with Crippen molar-refractivity contribution < 1.29 is 0 Å². The maximum absolute atomic E-state index is 8.71. The van der Waals surface area contributed by atoms with Gasteiger partial charge in [0.2, 0.25) is 0 Å². The Hall–Kier alpha value is -1.93. The minimum Gasteiger partial charge on any atom is -0.359 e. The Bertz CT molecular complexity index is 483. The number of nitrogens with one attached hydrogen (secondary N) is 2. The van der Waals surface area contributed by atoms with Gasteiger partial charge in [-0.2, -0.15) is 10.4 Å². The molecule has 18 heavy (non-hydrogen) atoms. The summed E-state index contributed by atoms with van der Waals surface area (Å²) in [6.45, 7) is 5.89. The predicted molar refractivity (Wildman–Crippen MR) is 77.4 cm³/mol. The highest BCUT2D eigenvalue weighted by molar-refractivity contribution is 7.80. The molecule has 0 saturated heterocycles. The first-order valence-electron chi connectivity index (χ1n) is 5.64. The summed E-state index contributed by atoms with van der Waals surface area (Å²) in [5, 5.41) is 16.4. The van der Waals surface area contributed by atoms with Crippen molar-refractivity contribution in [1.29, 1.82) is 5.26 Å². The van der Waals surface area contributed by atoms with E-state index in [1.165, 1.54) is 0 Å². The second-order valence-electron chi connectivity index (χ2n) is 4.13. The van der Waals surface area contributed by atoms with Gasteiger partial charge in [0.1, 0.15) is 0 Å². The molecule has 0 fully saturated rings. The molecule has 0 saturated carbocycles. The molecule has 0 heterocycles. The average Bonchev–Trinajstić information content (AvgIpc) is 2.35. The quantitative estimate of drug-likeness (QED) is 0.497. The molecule has 0 aliphatic heterocycles. The summed E-state index contributed by atoms with van der Waals surface area (Å²) < 4.78 is 0. The van der Waals surface area contributed by atoms with E-state index in [-0.39, 0.29) is 6.04 Å². The van der Waals surface area contributed by atoms with E-state index in [1.807, 2.05) is 32.9 Å². The SMILES string of the molecule is C/C(=N\NC(=S)NC(C)C)c1ccc(C#N)cc1. The molecule has 0 radical (unpaired) electrons. The van der Waals surface area contributed by atoms with Gasteiger partial charge in [-0.15, -0.1) is 0 Å². The van der Waals surface area contributed by atoms with Crippen LogP contribution >= 0.6 is 12.2 Å². The number of hydrogen-bond donors (Lipinski definition) is 2. The van der Waals surface area contributed by atoms with Crippen LogP contribution in [-0.4, -0.2) is 16.9 Å². The first-order valence-corrected chi connectivity index (χ1v) is 6.05. The number of rotatable bonds is 3. The number of nitriles is 1. The van der Waals surface area contributed by atoms with E-state index in [2.05, 4.69) is 21.9 Å². The first-order chi connectivity index (χ1) is 8.52. The zero-order valence-corrected chi connectivity index (χ0v) is 11.5. The number of nitrogens with zero attached hydrogens (tertiary/aromatic N) is 2. The molecule has 4 nitrogen and oxygen atoms in total. The fraction of sp³-hybridized carbons (Fsp3) is 0.308. The van der Waals surface area contributed by atoms with E-state index in [0.717, 1.165) is 11.3 Å². The molecule has 0 unspecified atom stereocenters. The lowest BCUT2D eigenvalue weighted by molar-refractivity contribution is 0.719. The van der Waals surface area contributed by atoms with Crippen molar-refractivity contribution in [2.75, 3.05) is 0 Å². The summed E-state index contributed by atoms with van der Waals surface area (Å²) in [5.41, 5.74) is 5.18. The fourth-order valence-electron chi connectivity index (χ4n) is 1.28. The molecule has 0 spiro atoms. The zero-order valence-electron chi connectivity index (χ0n) is 10.7. The van der Waals surface area contributed by atoms with Crippen molar-refractivity contribution in [3.05, 3.63) is 35.4 Å². The van der Waals surface area contributed by atoms with Gasteiger partial charge in [0.05, 0.1) is 17.3 Å². The van der Waals surface area contributed by atoms with Gasteiger partial charge in [-0.3, -0.25) is 5.43 Å². The largest absolute Gasteiger partial charge is 0.359 e. The highest BCUT2D eigenvalue weighted by atomic mass is 32.1. The number of hydrazone groups is 1. The average molecular weight is 260 g/mol. The van der Waals surface area contributed by atoms with Crippen LogP contribution in [0.2, 0.25) is 0 Å². The number of hydrogen-bond acceptors (Lipinski definition) is 3. The summed E-state index contributed by atoms with van der Waals surface area (Å²) in [4.78, 5) is 0. The molecule has 0 atom stereocenters. The molecule has 0 aliphatic rings. The highest BCUT2D eigenvalue weighted by Gasteiger charge is 1.99. The van der Waals surface area contributed by atoms with Crippen LogP contribution in [0.4, 0.5) is 0 Å². The normalized spacial score (nSPS) is 10.9. The maximum Gasteiger partial charge on any atom is 0.187 e. The first kappa shape index (κ1) is 14.1. The van der Waals surface area contributed by atoms with Crippen molar-refractivity contribution in [3.8, 4) is 6.07 Å². The van der Waals surface area contributed by atoms with Crippen molar-refractivity contribution in [2.24, 2.45) is 5.10 Å². The minimum absolute atomic E-state index is 0.274. The molecule has 1 aromatic rings. The standard InChI is InChI=1S/C13H16N4S/c1-9(2)15-13(18)17-16-10(3)12-6-4-11(8-14)5-7-12/h4-7,9H,1-3H3,(H2,15,17,18)/b16-10+. The van der Waals surface area contributed by atoms with Gasteiger partial charge in [-0.1, -0.05) is 12.1 Å². The van der Waals surface area contributed by atoms with Gasteiger partial charge in [0.15, 0.2) is 5.11 Å². The van der Waals surface area contributed by atoms with Crippen LogP contribution in [0.5, 0.6) is 0 Å². The molecule has 1 rings (SSSR count). The fourth-order valence-corrected chi connectivity index (χ4v) is 1.56. The molecule has 0 aromatic heterocycles. The van der Waals surface area contributed by atoms with Crippen LogP contribution < -0.4 is 10.7 Å². The van der Waals surface area contributed by atoms with Crippen LogP contribution in [-0.2, 0) is 0 Å². The van der Waals surface area contributed by atoms with Crippen molar-refractivity contribution >= 4 is 23.0 Å². The van der Waals surface area contributed by atoms with Gasteiger partial charge in [0.25, 0.3) is 0 Å². The Kier molecular flexibility index (Phi) is 5.28. The van der Waals surface area contributed by atoms with Crippen molar-refractivity contribution in [3.63, 3.8) is 0 Å². The Morgan fingerprint density at radius 1 is 1.33 bits per heavy atom. The third-order valence-corrected chi connectivity index (χ3v) is 2.39. The second kappa shape index (κ2) is 6.72. The van der Waals surface area contributed by atoms with E-state index in [1.54, 1.807) is 12.1 Å². The third-order valence-electron chi connectivity index (χ3n) is 2.18. The molecule has 0 bridgehead atoms. The molecule has 0 aliphatic carbocycles. The van der Waals surface area contributed by atoms with Gasteiger partial charge in [-0.25, -0.2) is 0 Å². The molecule has 1 aromatic carbocycles. The Morgan fingerprint density at radius 3 is 2.44 bits per heavy atom. The topological polar surface area (TPSA) is 60.2 Å². The van der Waals surface area contributed by atoms with Crippen molar-refractivity contribution in [1.82, 2.24) is 10.7 Å². The van der Waals surface area contributed by atoms with Crippen LogP contribution in [0, 0.1) is 11.3 Å². The summed E-state index contributed by atoms with van der Waals surface area (Å²) in [7, 11) is 0. The van der Waals surface area contributed by atoms with Crippen LogP contribution in [0.15, 0.2) is 29.4 Å². The second-order valence-corrected chi connectivity index (χ2v) is 4.53. The number of thiocarbonyl (C=S) groups is 1. The monoisotopic (exact) mass is 260 g/mol. The molecule has 0 amide bonds. The lowest BCUT2D eigenvalue weighted by Crippen LogP contribution is -2.37. The van der Waals surface area contributed by atoms with E-state index in [0.29, 0.717) is 10.7 Å². The summed E-state index contributed by atoms with van der Waals surface area (Å²) >= 11 is 5.07. The van der Waals surface area contributed by atoms with Crippen LogP contribution in [0.3, 0.4) is 0 Å². The molecular weight excluding hydrogens is 244 g/mol. The summed E-state index contributed by atoms with van der Waals surface area (Å²) in [6.07, 6.45) is 0. The van der Waals surface area contributed by atoms with E-state index in [4.69, 9.17) is 17.5 Å². The van der Waals surface area contributed by atoms with Gasteiger partial charge in [-0.05, 0) is 50.7 Å². The summed E-state index contributed by atoms with van der Waals surface area (Å²) in [6, 6.07) is 9.60. The van der Waals surface area contributed by atoms with Gasteiger partial charge < -0.3 is 5.32 Å². The third kappa shape index (κ3) is 4.52. The van der Waals surface area contributed by atoms with Gasteiger partial charge >= 0.3 is 0 Å².